The average molecular weight is 669 g/mol. The minimum atomic E-state index is -0.692. The monoisotopic (exact) mass is 668 g/mol. The van der Waals surface area contributed by atoms with E-state index in [0.717, 1.165) is 10.4 Å². The van der Waals surface area contributed by atoms with E-state index < -0.39 is 11.9 Å². The molecule has 1 aromatic heterocycles. The first-order valence-corrected chi connectivity index (χ1v) is 7.00. The molecule has 0 spiro atoms. The summed E-state index contributed by atoms with van der Waals surface area (Å²) >= 11 is 1.34. The van der Waals surface area contributed by atoms with Crippen molar-refractivity contribution in [3.8, 4) is 10.4 Å². The van der Waals surface area contributed by atoms with Crippen LogP contribution in [0.5, 0.6) is 0 Å². The topological polar surface area (TPSA) is 82.9 Å². The molecule has 2 N–H and O–H groups in total. The fraction of sp³-hybridized carbons (Fsp3) is 0.214. The van der Waals surface area contributed by atoms with Gasteiger partial charge in [-0.1, -0.05) is 12.1 Å². The van der Waals surface area contributed by atoms with Crippen LogP contribution in [0.3, 0.4) is 0 Å². The fourth-order valence-corrected chi connectivity index (χ4v) is 2.81. The summed E-state index contributed by atoms with van der Waals surface area (Å²) in [5.74, 6) is -1.00. The average Bonchev–Trinajstić information content (AvgIpc) is 2.93. The van der Waals surface area contributed by atoms with Crippen molar-refractivity contribution in [2.75, 3.05) is 0 Å². The Hall–Kier alpha value is -2.62. The maximum Gasteiger partial charge on any atom is 0.123 e. The van der Waals surface area contributed by atoms with Crippen LogP contribution in [-0.4, -0.2) is 17.3 Å². The zero-order valence-corrected chi connectivity index (χ0v) is 16.3. The molecule has 0 aliphatic carbocycles. The van der Waals surface area contributed by atoms with E-state index in [1.54, 1.807) is 24.7 Å². The Labute approximate surface area is 144 Å². The summed E-state index contributed by atoms with van der Waals surface area (Å²) in [5, 5.41) is 3.10. The first kappa shape index (κ1) is 20.4. The number of nitrogens with one attached hydrogen (secondary N) is 2. The molecule has 0 aliphatic rings. The second kappa shape index (κ2) is 9.41. The Bertz CT molecular complexity index is 639. The maximum atomic E-state index is 12.9. The smallest absolute Gasteiger partial charge is 0.123 e. The third-order valence-corrected chi connectivity index (χ3v) is 4.00. The van der Waals surface area contributed by atoms with Crippen molar-refractivity contribution in [1.82, 2.24) is 10.3 Å². The minimum absolute atomic E-state index is 0. The molecule has 0 saturated carbocycles. The number of amides is 2. The van der Waals surface area contributed by atoms with E-state index in [4.69, 9.17) is 5.73 Å². The van der Waals surface area contributed by atoms with Gasteiger partial charge in [0.2, 0.25) is 0 Å². The van der Waals surface area contributed by atoms with Gasteiger partial charge in [-0.05, 0) is 30.5 Å². The van der Waals surface area contributed by atoms with E-state index in [0.29, 0.717) is 11.4 Å². The van der Waals surface area contributed by atoms with Crippen LogP contribution in [-0.2, 0) is 30.0 Å². The van der Waals surface area contributed by atoms with Gasteiger partial charge in [-0.25, -0.2) is 9.37 Å². The number of carbonyl (C=O) groups excluding carboxylic acids is 2. The largest absolute Gasteiger partial charge is 0.668 e. The quantitative estimate of drug-likeness (QED) is 0.280. The van der Waals surface area contributed by atoms with E-state index >= 15 is 0 Å². The maximum absolute atomic E-state index is 12.9. The normalized spacial score (nSPS) is 10.8. The van der Waals surface area contributed by atoms with Crippen molar-refractivity contribution in [1.29, 1.82) is 0 Å². The first-order valence-electron chi connectivity index (χ1n) is 6.19. The second-order valence-electron chi connectivity index (χ2n) is 4.33. The third-order valence-electron chi connectivity index (χ3n) is 2.84. The predicted molar refractivity (Wildman–Crippen MR) is 77.6 cm³/mol. The molecule has 5 nitrogen and oxygen atoms in total. The van der Waals surface area contributed by atoms with E-state index in [2.05, 4.69) is 10.3 Å². The molecular weight excluding hydrogens is 657 g/mol. The van der Waals surface area contributed by atoms with E-state index in [9.17, 15) is 14.0 Å². The zero-order valence-electron chi connectivity index (χ0n) is 11.5. The Morgan fingerprint density at radius 2 is 2.04 bits per heavy atom. The summed E-state index contributed by atoms with van der Waals surface area (Å²) in [6.07, 6.45) is 3.56. The fourth-order valence-electron chi connectivity index (χ4n) is 1.80. The number of benzene rings is 1. The number of halogens is 1. The van der Waals surface area contributed by atoms with Crippen molar-refractivity contribution in [2.24, 2.45) is 0 Å². The van der Waals surface area contributed by atoms with Crippen molar-refractivity contribution in [3.63, 3.8) is 0 Å². The number of nitrogens with zero attached hydrogens (tertiary/aromatic N) is 1. The van der Waals surface area contributed by atoms with Gasteiger partial charge in [-0.3, -0.25) is 0 Å². The minimum Gasteiger partial charge on any atom is -0.668 e. The molecule has 9 heteroatoms. The number of carbonyl (C=O) groups is 1. The van der Waals surface area contributed by atoms with E-state index in [1.165, 1.54) is 23.5 Å². The summed E-state index contributed by atoms with van der Waals surface area (Å²) < 4.78 is 12.9. The van der Waals surface area contributed by atoms with Crippen LogP contribution in [0.4, 0.5) is 4.39 Å². The van der Waals surface area contributed by atoms with Crippen molar-refractivity contribution >= 4 is 23.7 Å². The number of hydrogen-bond donors (Lipinski definition) is 1. The Morgan fingerprint density at radius 3 is 2.61 bits per heavy atom. The van der Waals surface area contributed by atoms with Crippen molar-refractivity contribution in [2.45, 2.75) is 18.9 Å². The van der Waals surface area contributed by atoms with Gasteiger partial charge in [0.15, 0.2) is 0 Å². The van der Waals surface area contributed by atoms with Crippen LogP contribution in [0.2, 0.25) is 0 Å². The molecule has 1 aromatic carbocycles. The van der Waals surface area contributed by atoms with Crippen LogP contribution in [0, 0.1) is 5.82 Å². The second-order valence-corrected chi connectivity index (χ2v) is 5.39. The molecule has 1 heterocycles. The standard InChI is InChI=1S/C14H13FN3O2S.Fm.Pd/c15-10-3-1-9(2-4-10)12-7-17-14(21-12)11(18-8-19)5-6-13(16)20;;/h1-4,7,11H,5-6H2,(H3,16,18,19,20);;/q-1;;/p-1. The molecule has 2 amide bonds. The van der Waals surface area contributed by atoms with Crippen molar-refractivity contribution in [3.05, 3.63) is 47.0 Å². The molecule has 2 rings (SSSR count). The molecule has 1 atom stereocenters. The molecule has 0 saturated heterocycles. The van der Waals surface area contributed by atoms with Crippen LogP contribution in [0.1, 0.15) is 23.9 Å². The molecule has 2 aromatic rings. The molecule has 23 heavy (non-hydrogen) atoms. The first-order chi connectivity index (χ1) is 10.1. The van der Waals surface area contributed by atoms with Gasteiger partial charge in [-0.2, -0.15) is 6.41 Å². The van der Waals surface area contributed by atoms with Gasteiger partial charge in [-0.15, -0.1) is 11.3 Å². The van der Waals surface area contributed by atoms with Crippen LogP contribution in [0.25, 0.3) is 16.2 Å². The van der Waals surface area contributed by atoms with Gasteiger partial charge in [0.1, 0.15) is 10.8 Å². The summed E-state index contributed by atoms with van der Waals surface area (Å²) in [7, 11) is 0. The van der Waals surface area contributed by atoms with Crippen molar-refractivity contribution < 1.29 is 34.4 Å². The van der Waals surface area contributed by atoms with Gasteiger partial charge >= 0.3 is 0 Å². The van der Waals surface area contributed by atoms with Gasteiger partial charge in [0, 0.05) is 32.5 Å². The van der Waals surface area contributed by atoms with Crippen LogP contribution >= 0.6 is 11.3 Å². The molecular formula is C14H12FFmN3O2PdS-2. The molecule has 0 bridgehead atoms. The Kier molecular flexibility index (Phi) is 8.34. The summed E-state index contributed by atoms with van der Waals surface area (Å²) in [6.45, 7) is 0. The summed E-state index contributed by atoms with van der Waals surface area (Å²) in [4.78, 5) is 26.3. The zero-order chi connectivity index (χ0) is 15.2. The number of rotatable bonds is 7. The predicted octanol–water partition coefficient (Wildman–Crippen LogP) is 3.00. The summed E-state index contributed by atoms with van der Waals surface area (Å²) in [6, 6.07) is 5.57. The van der Waals surface area contributed by atoms with Gasteiger partial charge < -0.3 is 20.6 Å². The third kappa shape index (κ3) is 5.58. The number of hydrogen-bond acceptors (Lipinski definition) is 4. The molecule has 1 unspecified atom stereocenters. The van der Waals surface area contributed by atoms with Gasteiger partial charge in [0.25, 0.3) is 0 Å². The van der Waals surface area contributed by atoms with E-state index in [-0.39, 0.29) is 32.7 Å². The SMILES string of the molecule is [Fm].[NH-]C(=O)CCC(N[C-]=O)c1ncc(-c2ccc(F)cc2)s1.[Pd]. The van der Waals surface area contributed by atoms with Crippen LogP contribution in [0.15, 0.2) is 30.5 Å². The van der Waals surface area contributed by atoms with E-state index in [1.807, 2.05) is 0 Å². The Morgan fingerprint density at radius 1 is 1.39 bits per heavy atom. The van der Waals surface area contributed by atoms with Crippen LogP contribution < -0.4 is 5.32 Å². The molecule has 132 valence electrons. The summed E-state index contributed by atoms with van der Waals surface area (Å²) in [5.41, 5.74) is 7.73. The van der Waals surface area contributed by atoms with Gasteiger partial charge in [0.05, 0.1) is 10.9 Å². The molecule has 0 fully saturated rings. The molecule has 0 radical (unpaired) electrons. The Balaban J connectivity index is 0.00000242. The molecule has 0 aliphatic heterocycles. The number of aromatic nitrogens is 1. The number of thiazole rings is 1.